The molecule has 4 atom stereocenters. The molecule has 7 heteroatoms. The van der Waals surface area contributed by atoms with Crippen molar-refractivity contribution in [1.29, 1.82) is 0 Å². The Labute approximate surface area is 271 Å². The first-order valence-electron chi connectivity index (χ1n) is 14.5. The molecule has 0 amide bonds. The molecule has 2 bridgehead atoms. The zero-order valence-corrected chi connectivity index (χ0v) is 27.3. The van der Waals surface area contributed by atoms with E-state index in [1.165, 1.54) is 13.8 Å². The number of carbonyl (C=O) groups excluding carboxylic acids is 3. The van der Waals surface area contributed by atoms with E-state index >= 15 is 4.79 Å². The average molecular weight is 712 g/mol. The van der Waals surface area contributed by atoms with E-state index in [2.05, 4.69) is 56.1 Å². The normalized spacial score (nSPS) is 23.6. The zero-order chi connectivity index (χ0) is 30.8. The van der Waals surface area contributed by atoms with Crippen LogP contribution in [-0.4, -0.2) is 30.9 Å². The van der Waals surface area contributed by atoms with Gasteiger partial charge in [-0.1, -0.05) is 105 Å². The van der Waals surface area contributed by atoms with Crippen LogP contribution >= 0.6 is 31.9 Å². The van der Waals surface area contributed by atoms with E-state index in [1.807, 2.05) is 72.8 Å². The number of carbonyl (C=O) groups is 3. The molecule has 0 radical (unpaired) electrons. The molecule has 0 heterocycles. The third-order valence-electron chi connectivity index (χ3n) is 9.54. The molecule has 0 aliphatic heterocycles. The molecule has 0 saturated heterocycles. The Hall–Kier alpha value is -3.81. The molecule has 0 unspecified atom stereocenters. The predicted octanol–water partition coefficient (Wildman–Crippen LogP) is 8.05. The van der Waals surface area contributed by atoms with Crippen LogP contribution in [0.15, 0.2) is 106 Å². The van der Waals surface area contributed by atoms with Crippen molar-refractivity contribution in [2.75, 3.05) is 13.2 Å². The highest BCUT2D eigenvalue weighted by Gasteiger charge is 2.76. The summed E-state index contributed by atoms with van der Waals surface area (Å²) >= 11 is 7.37. The number of esters is 2. The lowest BCUT2D eigenvalue weighted by Gasteiger charge is -2.43. The Bertz CT molecular complexity index is 1850. The van der Waals surface area contributed by atoms with Gasteiger partial charge in [0.2, 0.25) is 0 Å². The average Bonchev–Trinajstić information content (AvgIpc) is 3.38. The summed E-state index contributed by atoms with van der Waals surface area (Å²) < 4.78 is 13.4. The van der Waals surface area contributed by atoms with Gasteiger partial charge in [-0.2, -0.15) is 0 Å². The monoisotopic (exact) mass is 710 g/mol. The van der Waals surface area contributed by atoms with Crippen LogP contribution in [0.1, 0.15) is 36.1 Å². The van der Waals surface area contributed by atoms with Crippen molar-refractivity contribution in [2.45, 2.75) is 24.7 Å². The molecule has 1 fully saturated rings. The third-order valence-corrected chi connectivity index (χ3v) is 10.5. The molecule has 5 aromatic rings. The van der Waals surface area contributed by atoms with Gasteiger partial charge in [0, 0.05) is 34.6 Å². The summed E-state index contributed by atoms with van der Waals surface area (Å²) in [6, 6.07) is 32.0. The van der Waals surface area contributed by atoms with Gasteiger partial charge >= 0.3 is 11.9 Å². The summed E-state index contributed by atoms with van der Waals surface area (Å²) in [6.07, 6.45) is 0. The molecule has 0 N–H and O–H groups in total. The Kier molecular flexibility index (Phi) is 7.02. The van der Waals surface area contributed by atoms with Crippen LogP contribution < -0.4 is 0 Å². The predicted molar refractivity (Wildman–Crippen MR) is 177 cm³/mol. The van der Waals surface area contributed by atoms with Crippen LogP contribution in [-0.2, 0) is 34.7 Å². The molecule has 1 saturated carbocycles. The molecule has 7 rings (SSSR count). The number of hydrogen-bond acceptors (Lipinski definition) is 5. The highest BCUT2D eigenvalue weighted by Crippen LogP contribution is 2.70. The summed E-state index contributed by atoms with van der Waals surface area (Å²) in [4.78, 5) is 40.6. The van der Waals surface area contributed by atoms with Crippen molar-refractivity contribution < 1.29 is 23.9 Å². The topological polar surface area (TPSA) is 69.7 Å². The maximum atomic E-state index is 15.9. The minimum absolute atomic E-state index is 0.00587. The van der Waals surface area contributed by atoms with Crippen molar-refractivity contribution in [3.63, 3.8) is 0 Å². The van der Waals surface area contributed by atoms with Crippen LogP contribution in [0.4, 0.5) is 0 Å². The SMILES string of the molecule is CC(=O)OC[C@@H]1[C@H](COC(C)=O)[C@@]2(c3ccccc3)C(=O)[C@]1(c1ccccc1)c1c2c2ccc(Br)cc2c2cc(Br)ccc12. The van der Waals surface area contributed by atoms with E-state index < -0.39 is 34.6 Å². The molecule has 0 spiro atoms. The van der Waals surface area contributed by atoms with E-state index in [1.54, 1.807) is 0 Å². The quantitative estimate of drug-likeness (QED) is 0.132. The van der Waals surface area contributed by atoms with Gasteiger partial charge in [-0.25, -0.2) is 0 Å². The van der Waals surface area contributed by atoms with Gasteiger partial charge in [0.05, 0.1) is 24.0 Å². The van der Waals surface area contributed by atoms with E-state index in [0.717, 1.165) is 52.7 Å². The molecule has 2 aliphatic rings. The van der Waals surface area contributed by atoms with E-state index in [-0.39, 0.29) is 19.0 Å². The smallest absolute Gasteiger partial charge is 0.302 e. The van der Waals surface area contributed by atoms with Gasteiger partial charge in [-0.05, 0) is 68.1 Å². The Morgan fingerprint density at radius 2 is 1.00 bits per heavy atom. The molecule has 5 aromatic carbocycles. The first-order chi connectivity index (χ1) is 21.2. The number of benzene rings is 5. The maximum absolute atomic E-state index is 15.9. The van der Waals surface area contributed by atoms with Crippen molar-refractivity contribution >= 4 is 71.1 Å². The molecular formula is C37H28Br2O5. The lowest BCUT2D eigenvalue weighted by molar-refractivity contribution is -0.147. The highest BCUT2D eigenvalue weighted by molar-refractivity contribution is 9.10. The fourth-order valence-corrected chi connectivity index (χ4v) is 8.85. The molecule has 220 valence electrons. The minimum Gasteiger partial charge on any atom is -0.466 e. The lowest BCUT2D eigenvalue weighted by Crippen LogP contribution is -2.45. The van der Waals surface area contributed by atoms with Gasteiger partial charge in [0.15, 0.2) is 5.78 Å². The van der Waals surface area contributed by atoms with Crippen LogP contribution in [0.25, 0.3) is 21.5 Å². The van der Waals surface area contributed by atoms with Gasteiger partial charge in [0.1, 0.15) is 0 Å². The summed E-state index contributed by atoms with van der Waals surface area (Å²) in [5, 5.41) is 3.94. The number of fused-ring (bicyclic) bond motifs is 10. The van der Waals surface area contributed by atoms with E-state index in [4.69, 9.17) is 9.47 Å². The van der Waals surface area contributed by atoms with Crippen molar-refractivity contribution in [3.8, 4) is 0 Å². The number of hydrogen-bond donors (Lipinski definition) is 0. The van der Waals surface area contributed by atoms with Crippen LogP contribution in [0, 0.1) is 11.8 Å². The van der Waals surface area contributed by atoms with Crippen LogP contribution in [0.3, 0.4) is 0 Å². The summed E-state index contributed by atoms with van der Waals surface area (Å²) in [6.45, 7) is 2.74. The van der Waals surface area contributed by atoms with Gasteiger partial charge in [0.25, 0.3) is 0 Å². The second-order valence-corrected chi connectivity index (χ2v) is 13.5. The Morgan fingerprint density at radius 1 is 0.614 bits per heavy atom. The minimum atomic E-state index is -1.19. The fraction of sp³-hybridized carbons (Fsp3) is 0.216. The summed E-state index contributed by atoms with van der Waals surface area (Å²) in [5.41, 5.74) is 1.11. The molecule has 2 aliphatic carbocycles. The maximum Gasteiger partial charge on any atom is 0.302 e. The largest absolute Gasteiger partial charge is 0.466 e. The highest BCUT2D eigenvalue weighted by atomic mass is 79.9. The van der Waals surface area contributed by atoms with Gasteiger partial charge in [-0.15, -0.1) is 0 Å². The standard InChI is InChI=1S/C37H28Br2O5/c1-21(40)43-19-31-32(20-44-22(2)41)37(24-11-7-4-8-12-24)34-28-16-14-26(39)18-30(28)29-17-25(38)13-15-27(29)33(34)36(31,35(37)42)23-9-5-3-6-10-23/h3-18,31-32H,19-20H2,1-2H3/t31-,32+,36+,37-. The van der Waals surface area contributed by atoms with Crippen LogP contribution in [0.2, 0.25) is 0 Å². The summed E-state index contributed by atoms with van der Waals surface area (Å²) in [5.74, 6) is -1.89. The van der Waals surface area contributed by atoms with Crippen molar-refractivity contribution in [3.05, 3.63) is 128 Å². The molecular weight excluding hydrogens is 684 g/mol. The number of halogens is 2. The molecule has 0 aromatic heterocycles. The summed E-state index contributed by atoms with van der Waals surface area (Å²) in [7, 11) is 0. The second-order valence-electron chi connectivity index (χ2n) is 11.6. The second kappa shape index (κ2) is 10.7. The van der Waals surface area contributed by atoms with E-state index in [0.29, 0.717) is 0 Å². The lowest BCUT2D eigenvalue weighted by atomic mass is 9.59. The van der Waals surface area contributed by atoms with Crippen molar-refractivity contribution in [2.24, 2.45) is 11.8 Å². The first-order valence-corrected chi connectivity index (χ1v) is 16.1. The number of Topliss-reactive ketones (excluding diaryl/α,β-unsaturated/α-hetero) is 1. The number of ketones is 1. The molecule has 5 nitrogen and oxygen atoms in total. The van der Waals surface area contributed by atoms with Crippen LogP contribution in [0.5, 0.6) is 0 Å². The van der Waals surface area contributed by atoms with Crippen molar-refractivity contribution in [1.82, 2.24) is 0 Å². The number of rotatable bonds is 6. The zero-order valence-electron chi connectivity index (χ0n) is 24.1. The van der Waals surface area contributed by atoms with Gasteiger partial charge in [-0.3, -0.25) is 14.4 Å². The van der Waals surface area contributed by atoms with Gasteiger partial charge < -0.3 is 9.47 Å². The Morgan fingerprint density at radius 3 is 1.36 bits per heavy atom. The third kappa shape index (κ3) is 3.91. The Balaban J connectivity index is 1.74. The number of ether oxygens (including phenoxy) is 2. The molecule has 44 heavy (non-hydrogen) atoms. The van der Waals surface area contributed by atoms with E-state index in [9.17, 15) is 9.59 Å². The fourth-order valence-electron chi connectivity index (χ4n) is 8.13. The first kappa shape index (κ1) is 28.9.